The number of benzene rings is 2. The number of amides is 1. The van der Waals surface area contributed by atoms with Gasteiger partial charge in [-0.1, -0.05) is 23.7 Å². The van der Waals surface area contributed by atoms with E-state index in [1.54, 1.807) is 49.6 Å². The second-order valence-electron chi connectivity index (χ2n) is 7.08. The molecule has 1 heterocycles. The Balaban J connectivity index is 2.15. The fraction of sp³-hybridized carbons (Fsp3) is 0.273. The molecule has 3 rings (SSSR count). The van der Waals surface area contributed by atoms with E-state index in [2.05, 4.69) is 0 Å². The first kappa shape index (κ1) is 20.9. The highest BCUT2D eigenvalue weighted by molar-refractivity contribution is 6.46. The van der Waals surface area contributed by atoms with E-state index in [1.165, 1.54) is 4.90 Å². The van der Waals surface area contributed by atoms with Crippen LogP contribution in [0.5, 0.6) is 5.75 Å². The number of ether oxygens (including phenoxy) is 1. The Hall–Kier alpha value is -2.83. The predicted molar refractivity (Wildman–Crippen MR) is 112 cm³/mol. The minimum atomic E-state index is -0.708. The SMILES string of the molecule is COc1cccc(C2/C(=C(/O)c3ccc(Cl)cc3)C(=O)C(=O)N2CCN(C)C)c1. The average molecular weight is 415 g/mol. The molecular formula is C22H23ClN2O4. The summed E-state index contributed by atoms with van der Waals surface area (Å²) in [6, 6.07) is 12.9. The number of likely N-dealkylation sites (N-methyl/N-ethyl adjacent to an activating group) is 1. The van der Waals surface area contributed by atoms with E-state index in [0.29, 0.717) is 35.0 Å². The van der Waals surface area contributed by atoms with Gasteiger partial charge >= 0.3 is 0 Å². The zero-order valence-corrected chi connectivity index (χ0v) is 17.3. The highest BCUT2D eigenvalue weighted by atomic mass is 35.5. The molecule has 0 aromatic heterocycles. The van der Waals surface area contributed by atoms with Gasteiger partial charge in [-0.15, -0.1) is 0 Å². The summed E-state index contributed by atoms with van der Waals surface area (Å²) >= 11 is 5.93. The fourth-order valence-corrected chi connectivity index (χ4v) is 3.47. The molecule has 0 bridgehead atoms. The van der Waals surface area contributed by atoms with E-state index in [-0.39, 0.29) is 11.3 Å². The summed E-state index contributed by atoms with van der Waals surface area (Å²) < 4.78 is 5.31. The van der Waals surface area contributed by atoms with Crippen molar-refractivity contribution < 1.29 is 19.4 Å². The molecule has 1 fully saturated rings. The molecule has 0 aliphatic carbocycles. The molecule has 0 spiro atoms. The standard InChI is InChI=1S/C22H23ClN2O4/c1-24(2)11-12-25-19(15-5-4-6-17(13-15)29-3)18(21(27)22(25)28)20(26)14-7-9-16(23)10-8-14/h4-10,13,19,26H,11-12H2,1-3H3/b20-18-. The van der Waals surface area contributed by atoms with E-state index < -0.39 is 17.7 Å². The van der Waals surface area contributed by atoms with E-state index >= 15 is 0 Å². The number of methoxy groups -OCH3 is 1. The van der Waals surface area contributed by atoms with Crippen LogP contribution in [0.1, 0.15) is 17.2 Å². The quantitative estimate of drug-likeness (QED) is 0.446. The van der Waals surface area contributed by atoms with Crippen LogP contribution < -0.4 is 4.74 Å². The number of ketones is 1. The van der Waals surface area contributed by atoms with Crippen molar-refractivity contribution in [2.24, 2.45) is 0 Å². The van der Waals surface area contributed by atoms with Crippen LogP contribution in [0.4, 0.5) is 0 Å². The summed E-state index contributed by atoms with van der Waals surface area (Å²) in [5.41, 5.74) is 1.18. The lowest BCUT2D eigenvalue weighted by Crippen LogP contribution is -2.35. The number of carbonyl (C=O) groups excluding carboxylic acids is 2. The maximum Gasteiger partial charge on any atom is 0.295 e. The van der Waals surface area contributed by atoms with E-state index in [0.717, 1.165) is 0 Å². The Bertz CT molecular complexity index is 954. The van der Waals surface area contributed by atoms with Crippen molar-refractivity contribution in [1.82, 2.24) is 9.80 Å². The second-order valence-corrected chi connectivity index (χ2v) is 7.52. The van der Waals surface area contributed by atoms with Crippen LogP contribution in [-0.2, 0) is 9.59 Å². The minimum absolute atomic E-state index is 0.0596. The lowest BCUT2D eigenvalue weighted by Gasteiger charge is -2.26. The summed E-state index contributed by atoms with van der Waals surface area (Å²) in [5.74, 6) is -0.952. The Kier molecular flexibility index (Phi) is 6.25. The molecule has 29 heavy (non-hydrogen) atoms. The van der Waals surface area contributed by atoms with Crippen LogP contribution in [0.3, 0.4) is 0 Å². The zero-order valence-electron chi connectivity index (χ0n) is 16.6. The van der Waals surface area contributed by atoms with Gasteiger partial charge in [-0.05, 0) is 56.1 Å². The molecular weight excluding hydrogens is 392 g/mol. The summed E-state index contributed by atoms with van der Waals surface area (Å²) in [5, 5.41) is 11.5. The number of hydrogen-bond acceptors (Lipinski definition) is 5. The minimum Gasteiger partial charge on any atom is -0.507 e. The van der Waals surface area contributed by atoms with Gasteiger partial charge in [-0.25, -0.2) is 0 Å². The molecule has 1 aliphatic rings. The van der Waals surface area contributed by atoms with E-state index in [1.807, 2.05) is 25.1 Å². The van der Waals surface area contributed by atoms with Gasteiger partial charge in [0.05, 0.1) is 18.7 Å². The molecule has 1 amide bonds. The van der Waals surface area contributed by atoms with Crippen molar-refractivity contribution in [3.05, 3.63) is 70.3 Å². The average Bonchev–Trinajstić information content (AvgIpc) is 2.97. The number of aliphatic hydroxyl groups excluding tert-OH is 1. The first-order valence-electron chi connectivity index (χ1n) is 9.16. The summed E-state index contributed by atoms with van der Waals surface area (Å²) in [7, 11) is 5.34. The maximum atomic E-state index is 12.9. The number of rotatable bonds is 6. The van der Waals surface area contributed by atoms with Gasteiger partial charge in [-0.2, -0.15) is 0 Å². The molecule has 0 saturated carbocycles. The molecule has 7 heteroatoms. The summed E-state index contributed by atoms with van der Waals surface area (Å²) in [6.07, 6.45) is 0. The second kappa shape index (κ2) is 8.68. The number of halogens is 1. The molecule has 152 valence electrons. The molecule has 2 aromatic carbocycles. The summed E-state index contributed by atoms with van der Waals surface area (Å²) in [6.45, 7) is 0.922. The number of hydrogen-bond donors (Lipinski definition) is 1. The molecule has 1 atom stereocenters. The predicted octanol–water partition coefficient (Wildman–Crippen LogP) is 3.33. The fourth-order valence-electron chi connectivity index (χ4n) is 3.34. The van der Waals surface area contributed by atoms with Crippen LogP contribution in [-0.4, -0.2) is 60.9 Å². The number of nitrogens with zero attached hydrogens (tertiary/aromatic N) is 2. The third-order valence-electron chi connectivity index (χ3n) is 4.86. The first-order valence-corrected chi connectivity index (χ1v) is 9.54. The van der Waals surface area contributed by atoms with Gasteiger partial charge in [0.1, 0.15) is 11.5 Å². The van der Waals surface area contributed by atoms with Crippen molar-refractivity contribution >= 4 is 29.1 Å². The van der Waals surface area contributed by atoms with Gasteiger partial charge in [0, 0.05) is 23.7 Å². The molecule has 1 saturated heterocycles. The molecule has 1 N–H and O–H groups in total. The van der Waals surface area contributed by atoms with Crippen LogP contribution in [0, 0.1) is 0 Å². The third-order valence-corrected chi connectivity index (χ3v) is 5.11. The molecule has 1 unspecified atom stereocenters. The molecule has 6 nitrogen and oxygen atoms in total. The van der Waals surface area contributed by atoms with Crippen molar-refractivity contribution in [3.63, 3.8) is 0 Å². The third kappa shape index (κ3) is 4.28. The van der Waals surface area contributed by atoms with Gasteiger partial charge in [-0.3, -0.25) is 9.59 Å². The summed E-state index contributed by atoms with van der Waals surface area (Å²) in [4.78, 5) is 29.1. The highest BCUT2D eigenvalue weighted by Gasteiger charge is 2.45. The van der Waals surface area contributed by atoms with E-state index in [9.17, 15) is 14.7 Å². The normalized spacial score (nSPS) is 18.5. The van der Waals surface area contributed by atoms with Crippen LogP contribution in [0.15, 0.2) is 54.1 Å². The van der Waals surface area contributed by atoms with Gasteiger partial charge in [0.25, 0.3) is 11.7 Å². The largest absolute Gasteiger partial charge is 0.507 e. The van der Waals surface area contributed by atoms with E-state index in [4.69, 9.17) is 16.3 Å². The Morgan fingerprint density at radius 2 is 1.86 bits per heavy atom. The number of likely N-dealkylation sites (tertiary alicyclic amines) is 1. The van der Waals surface area contributed by atoms with Gasteiger partial charge in [0.15, 0.2) is 0 Å². The van der Waals surface area contributed by atoms with Crippen LogP contribution in [0.25, 0.3) is 5.76 Å². The topological polar surface area (TPSA) is 70.1 Å². The maximum absolute atomic E-state index is 12.9. The monoisotopic (exact) mass is 414 g/mol. The molecule has 0 radical (unpaired) electrons. The molecule has 1 aliphatic heterocycles. The van der Waals surface area contributed by atoms with Crippen molar-refractivity contribution in [2.75, 3.05) is 34.3 Å². The van der Waals surface area contributed by atoms with Crippen molar-refractivity contribution in [1.29, 1.82) is 0 Å². The number of aliphatic hydroxyl groups is 1. The van der Waals surface area contributed by atoms with Crippen molar-refractivity contribution in [2.45, 2.75) is 6.04 Å². The Morgan fingerprint density at radius 1 is 1.17 bits per heavy atom. The van der Waals surface area contributed by atoms with Crippen LogP contribution >= 0.6 is 11.6 Å². The zero-order chi connectivity index (χ0) is 21.1. The highest BCUT2D eigenvalue weighted by Crippen LogP contribution is 2.40. The Morgan fingerprint density at radius 3 is 2.48 bits per heavy atom. The smallest absolute Gasteiger partial charge is 0.295 e. The van der Waals surface area contributed by atoms with Gasteiger partial charge < -0.3 is 19.6 Å². The number of carbonyl (C=O) groups is 2. The van der Waals surface area contributed by atoms with Gasteiger partial charge in [0.2, 0.25) is 0 Å². The first-order chi connectivity index (χ1) is 13.8. The Labute approximate surface area is 174 Å². The van der Waals surface area contributed by atoms with Crippen LogP contribution in [0.2, 0.25) is 5.02 Å². The molecule has 2 aromatic rings. The van der Waals surface area contributed by atoms with Crippen molar-refractivity contribution in [3.8, 4) is 5.75 Å². The lowest BCUT2D eigenvalue weighted by molar-refractivity contribution is -0.140. The lowest BCUT2D eigenvalue weighted by atomic mass is 9.95. The number of Topliss-reactive ketones (excluding diaryl/α,β-unsaturated/α-hetero) is 1.